The molecule has 0 N–H and O–H groups in total. The van der Waals surface area contributed by atoms with Gasteiger partial charge in [0.05, 0.1) is 25.1 Å². The summed E-state index contributed by atoms with van der Waals surface area (Å²) in [6.45, 7) is 4.62. The molecule has 3 rings (SSSR count). The Hall–Kier alpha value is -2.60. The van der Waals surface area contributed by atoms with E-state index in [9.17, 15) is 4.79 Å². The fraction of sp³-hybridized carbons (Fsp3) is 0.318. The highest BCUT2D eigenvalue weighted by Crippen LogP contribution is 2.31. The molecule has 2 aromatic carbocycles. The third-order valence-electron chi connectivity index (χ3n) is 4.50. The number of carbonyl (C=O) groups is 1. The maximum atomic E-state index is 12.9. The Kier molecular flexibility index (Phi) is 6.87. The number of amidine groups is 1. The fourth-order valence-corrected chi connectivity index (χ4v) is 4.10. The highest BCUT2D eigenvalue weighted by atomic mass is 32.2. The molecule has 0 unspecified atom stereocenters. The van der Waals surface area contributed by atoms with E-state index in [4.69, 9.17) is 4.74 Å². The summed E-state index contributed by atoms with van der Waals surface area (Å²) in [7, 11) is 1.64. The molecule has 0 aromatic heterocycles. The number of aryl methyl sites for hydroxylation is 1. The van der Waals surface area contributed by atoms with Gasteiger partial charge in [-0.1, -0.05) is 67.1 Å². The first-order valence-electron chi connectivity index (χ1n) is 9.39. The Balaban J connectivity index is 1.78. The largest absolute Gasteiger partial charge is 0.497 e. The van der Waals surface area contributed by atoms with Crippen LogP contribution in [-0.2, 0) is 11.3 Å². The standard InChI is InChI=1S/C22H25N3O2S/c1-4-5-20-21(26)25(15-18-10-12-19(27-3)13-11-18)22(28-20)24-23-14-17-8-6-16(2)7-9-17/h6-14,20H,4-5,15H2,1-3H3/b23-14-,24-22+/t20-/m1/s1. The van der Waals surface area contributed by atoms with E-state index in [2.05, 4.69) is 17.1 Å². The van der Waals surface area contributed by atoms with Gasteiger partial charge in [-0.15, -0.1) is 5.10 Å². The summed E-state index contributed by atoms with van der Waals surface area (Å²) in [6, 6.07) is 15.8. The van der Waals surface area contributed by atoms with Crippen molar-refractivity contribution in [2.75, 3.05) is 7.11 Å². The van der Waals surface area contributed by atoms with Crippen molar-refractivity contribution in [1.29, 1.82) is 0 Å². The van der Waals surface area contributed by atoms with Crippen LogP contribution in [0.4, 0.5) is 0 Å². The van der Waals surface area contributed by atoms with Gasteiger partial charge >= 0.3 is 0 Å². The number of carbonyl (C=O) groups excluding carboxylic acids is 1. The number of hydrogen-bond donors (Lipinski definition) is 0. The van der Waals surface area contributed by atoms with Crippen LogP contribution in [0.3, 0.4) is 0 Å². The van der Waals surface area contributed by atoms with E-state index in [1.807, 2.05) is 55.5 Å². The van der Waals surface area contributed by atoms with Crippen molar-refractivity contribution in [2.24, 2.45) is 10.2 Å². The summed E-state index contributed by atoms with van der Waals surface area (Å²) >= 11 is 1.50. The molecular formula is C22H25N3O2S. The summed E-state index contributed by atoms with van der Waals surface area (Å²) in [5.74, 6) is 0.901. The number of nitrogens with zero attached hydrogens (tertiary/aromatic N) is 3. The van der Waals surface area contributed by atoms with Crippen LogP contribution in [0.15, 0.2) is 58.7 Å². The molecule has 1 amide bonds. The van der Waals surface area contributed by atoms with E-state index in [0.717, 1.165) is 29.7 Å². The number of rotatable bonds is 7. The molecule has 0 radical (unpaired) electrons. The first-order valence-corrected chi connectivity index (χ1v) is 10.3. The summed E-state index contributed by atoms with van der Waals surface area (Å²) in [4.78, 5) is 14.6. The number of amides is 1. The van der Waals surface area contributed by atoms with Crippen LogP contribution in [-0.4, -0.2) is 34.5 Å². The van der Waals surface area contributed by atoms with Gasteiger partial charge in [0.25, 0.3) is 0 Å². The molecule has 0 aliphatic carbocycles. The normalized spacial score (nSPS) is 18.4. The molecule has 6 heteroatoms. The molecule has 1 atom stereocenters. The minimum Gasteiger partial charge on any atom is -0.497 e. The van der Waals surface area contributed by atoms with E-state index < -0.39 is 0 Å². The number of thioether (sulfide) groups is 1. The minimum absolute atomic E-state index is 0.0865. The Morgan fingerprint density at radius 1 is 1.14 bits per heavy atom. The number of ether oxygens (including phenoxy) is 1. The summed E-state index contributed by atoms with van der Waals surface area (Å²) in [6.07, 6.45) is 3.51. The SMILES string of the molecule is CCC[C@H]1S/C(=N/N=C\c2ccc(C)cc2)N(Cc2ccc(OC)cc2)C1=O. The predicted octanol–water partition coefficient (Wildman–Crippen LogP) is 4.64. The zero-order chi connectivity index (χ0) is 19.9. The number of hydrogen-bond acceptors (Lipinski definition) is 5. The lowest BCUT2D eigenvalue weighted by Gasteiger charge is -2.16. The van der Waals surface area contributed by atoms with Crippen molar-refractivity contribution in [3.63, 3.8) is 0 Å². The van der Waals surface area contributed by atoms with Crippen LogP contribution in [0.25, 0.3) is 0 Å². The van der Waals surface area contributed by atoms with Gasteiger partial charge < -0.3 is 4.74 Å². The Labute approximate surface area is 170 Å². The highest BCUT2D eigenvalue weighted by Gasteiger charge is 2.37. The average molecular weight is 396 g/mol. The second-order valence-electron chi connectivity index (χ2n) is 6.71. The highest BCUT2D eigenvalue weighted by molar-refractivity contribution is 8.15. The first kappa shape index (κ1) is 20.1. The molecule has 28 heavy (non-hydrogen) atoms. The molecular weight excluding hydrogens is 370 g/mol. The molecule has 0 bridgehead atoms. The Morgan fingerprint density at radius 2 is 1.86 bits per heavy atom. The molecule has 2 aromatic rings. The third-order valence-corrected chi connectivity index (χ3v) is 5.73. The summed E-state index contributed by atoms with van der Waals surface area (Å²) < 4.78 is 5.21. The maximum absolute atomic E-state index is 12.9. The maximum Gasteiger partial charge on any atom is 0.242 e. The van der Waals surface area contributed by atoms with Gasteiger partial charge in [0.15, 0.2) is 5.17 Å². The van der Waals surface area contributed by atoms with Crippen LogP contribution >= 0.6 is 11.8 Å². The molecule has 1 fully saturated rings. The van der Waals surface area contributed by atoms with Crippen molar-refractivity contribution < 1.29 is 9.53 Å². The second-order valence-corrected chi connectivity index (χ2v) is 7.88. The zero-order valence-corrected chi connectivity index (χ0v) is 17.3. The zero-order valence-electron chi connectivity index (χ0n) is 16.5. The van der Waals surface area contributed by atoms with Crippen molar-refractivity contribution in [3.8, 4) is 5.75 Å². The summed E-state index contributed by atoms with van der Waals surface area (Å²) in [5.41, 5.74) is 3.21. The predicted molar refractivity (Wildman–Crippen MR) is 116 cm³/mol. The van der Waals surface area contributed by atoms with Crippen molar-refractivity contribution in [2.45, 2.75) is 38.5 Å². The van der Waals surface area contributed by atoms with Gasteiger partial charge in [-0.3, -0.25) is 9.69 Å². The van der Waals surface area contributed by atoms with Gasteiger partial charge in [0, 0.05) is 0 Å². The van der Waals surface area contributed by atoms with E-state index in [0.29, 0.717) is 11.7 Å². The van der Waals surface area contributed by atoms with Crippen LogP contribution in [0.2, 0.25) is 0 Å². The van der Waals surface area contributed by atoms with E-state index in [-0.39, 0.29) is 11.2 Å². The van der Waals surface area contributed by atoms with Gasteiger partial charge in [-0.05, 0) is 36.6 Å². The molecule has 0 saturated carbocycles. The van der Waals surface area contributed by atoms with Crippen LogP contribution in [0.1, 0.15) is 36.5 Å². The fourth-order valence-electron chi connectivity index (χ4n) is 2.89. The van der Waals surface area contributed by atoms with Gasteiger partial charge in [0.2, 0.25) is 5.91 Å². The van der Waals surface area contributed by atoms with Crippen LogP contribution < -0.4 is 4.74 Å². The lowest BCUT2D eigenvalue weighted by atomic mass is 10.2. The topological polar surface area (TPSA) is 54.3 Å². The number of benzene rings is 2. The lowest BCUT2D eigenvalue weighted by Crippen LogP contribution is -2.31. The molecule has 5 nitrogen and oxygen atoms in total. The molecule has 1 aliphatic heterocycles. The van der Waals surface area contributed by atoms with Crippen molar-refractivity contribution in [3.05, 3.63) is 65.2 Å². The minimum atomic E-state index is -0.0865. The van der Waals surface area contributed by atoms with Crippen LogP contribution in [0, 0.1) is 6.92 Å². The van der Waals surface area contributed by atoms with Gasteiger partial charge in [-0.2, -0.15) is 5.10 Å². The molecule has 0 spiro atoms. The van der Waals surface area contributed by atoms with E-state index in [1.165, 1.54) is 17.3 Å². The summed E-state index contributed by atoms with van der Waals surface area (Å²) in [5, 5.41) is 9.16. The monoisotopic (exact) mass is 395 g/mol. The third kappa shape index (κ3) is 5.01. The van der Waals surface area contributed by atoms with E-state index in [1.54, 1.807) is 18.2 Å². The molecule has 1 aliphatic rings. The second kappa shape index (κ2) is 9.55. The molecule has 1 heterocycles. The Bertz CT molecular complexity index is 860. The van der Waals surface area contributed by atoms with Crippen molar-refractivity contribution >= 4 is 29.1 Å². The first-order chi connectivity index (χ1) is 13.6. The Morgan fingerprint density at radius 3 is 2.50 bits per heavy atom. The molecule has 146 valence electrons. The average Bonchev–Trinajstić information content (AvgIpc) is 2.99. The van der Waals surface area contributed by atoms with Crippen LogP contribution in [0.5, 0.6) is 5.75 Å². The number of methoxy groups -OCH3 is 1. The van der Waals surface area contributed by atoms with Gasteiger partial charge in [-0.25, -0.2) is 0 Å². The van der Waals surface area contributed by atoms with Gasteiger partial charge in [0.1, 0.15) is 5.75 Å². The quantitative estimate of drug-likeness (QED) is 0.507. The smallest absolute Gasteiger partial charge is 0.242 e. The molecule has 1 saturated heterocycles. The lowest BCUT2D eigenvalue weighted by molar-refractivity contribution is -0.126. The van der Waals surface area contributed by atoms with Crippen molar-refractivity contribution in [1.82, 2.24) is 4.90 Å². The van der Waals surface area contributed by atoms with E-state index >= 15 is 0 Å².